The fourth-order valence-electron chi connectivity index (χ4n) is 2.98. The van der Waals surface area contributed by atoms with Crippen LogP contribution in [0.25, 0.3) is 10.2 Å². The first-order valence-electron chi connectivity index (χ1n) is 9.89. The minimum atomic E-state index is -0.866. The summed E-state index contributed by atoms with van der Waals surface area (Å²) in [6.45, 7) is 4.23. The van der Waals surface area contributed by atoms with E-state index in [-0.39, 0.29) is 11.7 Å². The molecule has 0 saturated heterocycles. The molecule has 0 radical (unpaired) electrons. The molecule has 0 bridgehead atoms. The summed E-state index contributed by atoms with van der Waals surface area (Å²) in [6, 6.07) is 3.94. The van der Waals surface area contributed by atoms with Gasteiger partial charge in [-0.1, -0.05) is 0 Å². The molecule has 2 aromatic heterocycles. The quantitative estimate of drug-likeness (QED) is 0.328. The number of nitrogens with one attached hydrogen (secondary N) is 2. The molecule has 4 N–H and O–H groups in total. The zero-order chi connectivity index (χ0) is 23.3. The predicted molar refractivity (Wildman–Crippen MR) is 120 cm³/mol. The Hall–Kier alpha value is -3.31. The topological polar surface area (TPSA) is 128 Å². The summed E-state index contributed by atoms with van der Waals surface area (Å²) < 4.78 is 24.5. The van der Waals surface area contributed by atoms with Crippen LogP contribution in [0.5, 0.6) is 5.75 Å². The number of hydrogen-bond acceptors (Lipinski definition) is 9. The van der Waals surface area contributed by atoms with Crippen LogP contribution in [-0.4, -0.2) is 48.1 Å². The number of thiophene rings is 1. The molecule has 1 aromatic carbocycles. The maximum atomic E-state index is 13.9. The minimum absolute atomic E-state index is 0.138. The fourth-order valence-corrected chi connectivity index (χ4v) is 4.05. The Kier molecular flexibility index (Phi) is 7.54. The van der Waals surface area contributed by atoms with Crippen molar-refractivity contribution in [2.24, 2.45) is 5.73 Å². The second-order valence-electron chi connectivity index (χ2n) is 6.91. The van der Waals surface area contributed by atoms with Crippen molar-refractivity contribution in [3.63, 3.8) is 0 Å². The monoisotopic (exact) mass is 461 g/mol. The van der Waals surface area contributed by atoms with Crippen molar-refractivity contribution in [2.45, 2.75) is 26.4 Å². The number of anilines is 2. The number of methoxy groups -OCH3 is 1. The number of ether oxygens (including phenoxy) is 2. The number of halogens is 1. The molecule has 1 amide bonds. The molecule has 0 aliphatic heterocycles. The number of fused-ring (bicyclic) bond motifs is 1. The van der Waals surface area contributed by atoms with E-state index in [1.807, 2.05) is 0 Å². The number of esters is 1. The minimum Gasteiger partial charge on any atom is -0.479 e. The van der Waals surface area contributed by atoms with Gasteiger partial charge in [0.05, 0.1) is 18.2 Å². The van der Waals surface area contributed by atoms with Gasteiger partial charge in [0, 0.05) is 12.6 Å². The van der Waals surface area contributed by atoms with Crippen molar-refractivity contribution in [1.82, 2.24) is 15.3 Å². The lowest BCUT2D eigenvalue weighted by Crippen LogP contribution is -2.37. The number of nitrogens with zero attached hydrogens (tertiary/aromatic N) is 2. The highest BCUT2D eigenvalue weighted by atomic mass is 32.1. The zero-order valence-corrected chi connectivity index (χ0v) is 18.7. The van der Waals surface area contributed by atoms with E-state index in [1.165, 1.54) is 43.0 Å². The third-order valence-electron chi connectivity index (χ3n) is 4.65. The van der Waals surface area contributed by atoms with Crippen LogP contribution in [0.15, 0.2) is 24.5 Å². The highest BCUT2D eigenvalue weighted by molar-refractivity contribution is 7.20. The maximum absolute atomic E-state index is 13.9. The average Bonchev–Trinajstić information content (AvgIpc) is 3.12. The fraction of sp³-hybridized carbons (Fsp3) is 0.333. The van der Waals surface area contributed by atoms with Gasteiger partial charge in [0.2, 0.25) is 0 Å². The molecule has 3 rings (SSSR count). The third-order valence-corrected chi connectivity index (χ3v) is 5.83. The predicted octanol–water partition coefficient (Wildman–Crippen LogP) is 2.90. The van der Waals surface area contributed by atoms with Crippen LogP contribution in [0, 0.1) is 12.7 Å². The van der Waals surface area contributed by atoms with Crippen LogP contribution in [0.2, 0.25) is 0 Å². The van der Waals surface area contributed by atoms with E-state index in [0.29, 0.717) is 51.7 Å². The normalized spacial score (nSPS) is 11.8. The summed E-state index contributed by atoms with van der Waals surface area (Å²) in [6.07, 6.45) is 1.14. The van der Waals surface area contributed by atoms with Crippen molar-refractivity contribution >= 4 is 44.9 Å². The van der Waals surface area contributed by atoms with E-state index in [0.717, 1.165) is 0 Å². The Balaban J connectivity index is 1.90. The van der Waals surface area contributed by atoms with E-state index < -0.39 is 17.9 Å². The van der Waals surface area contributed by atoms with Crippen LogP contribution in [0.3, 0.4) is 0 Å². The van der Waals surface area contributed by atoms with Crippen molar-refractivity contribution in [3.05, 3.63) is 40.8 Å². The number of amides is 1. The molecule has 0 aliphatic carbocycles. The summed E-state index contributed by atoms with van der Waals surface area (Å²) in [5.41, 5.74) is 6.50. The van der Waals surface area contributed by atoms with Gasteiger partial charge in [0.1, 0.15) is 33.4 Å². The molecule has 0 saturated carbocycles. The molecule has 9 nitrogen and oxygen atoms in total. The highest BCUT2D eigenvalue weighted by Crippen LogP contribution is 2.36. The number of benzene rings is 1. The second-order valence-corrected chi connectivity index (χ2v) is 7.91. The SMILES string of the molecule is COC(=O)c1sc2ncnc(Nc3ccc(F)cc3OC(C)C(=O)NCCCN)c2c1C. The summed E-state index contributed by atoms with van der Waals surface area (Å²) >= 11 is 1.19. The van der Waals surface area contributed by atoms with Gasteiger partial charge in [-0.15, -0.1) is 11.3 Å². The Morgan fingerprint density at radius 3 is 2.81 bits per heavy atom. The van der Waals surface area contributed by atoms with E-state index >= 15 is 0 Å². The molecular formula is C21H24FN5O4S. The Morgan fingerprint density at radius 2 is 2.09 bits per heavy atom. The van der Waals surface area contributed by atoms with Crippen LogP contribution >= 0.6 is 11.3 Å². The summed E-state index contributed by atoms with van der Waals surface area (Å²) in [7, 11) is 1.31. The van der Waals surface area contributed by atoms with Crippen molar-refractivity contribution in [2.75, 3.05) is 25.5 Å². The summed E-state index contributed by atoms with van der Waals surface area (Å²) in [5, 5.41) is 6.47. The molecule has 11 heteroatoms. The highest BCUT2D eigenvalue weighted by Gasteiger charge is 2.21. The number of carbonyl (C=O) groups excluding carboxylic acids is 2. The molecule has 32 heavy (non-hydrogen) atoms. The first kappa shape index (κ1) is 23.4. The van der Waals surface area contributed by atoms with Crippen molar-refractivity contribution in [1.29, 1.82) is 0 Å². The van der Waals surface area contributed by atoms with E-state index in [1.54, 1.807) is 13.8 Å². The van der Waals surface area contributed by atoms with Crippen molar-refractivity contribution < 1.29 is 23.5 Å². The Labute approximate surface area is 188 Å². The Bertz CT molecular complexity index is 1140. The van der Waals surface area contributed by atoms with Crippen LogP contribution < -0.4 is 21.1 Å². The summed E-state index contributed by atoms with van der Waals surface area (Å²) in [5.74, 6) is -0.769. The number of aromatic nitrogens is 2. The lowest BCUT2D eigenvalue weighted by Gasteiger charge is -2.18. The van der Waals surface area contributed by atoms with E-state index in [4.69, 9.17) is 15.2 Å². The van der Waals surface area contributed by atoms with E-state index in [9.17, 15) is 14.0 Å². The molecule has 0 aliphatic rings. The molecule has 1 atom stereocenters. The van der Waals surface area contributed by atoms with Crippen LogP contribution in [-0.2, 0) is 9.53 Å². The third kappa shape index (κ3) is 5.11. The molecule has 0 fully saturated rings. The van der Waals surface area contributed by atoms with Gasteiger partial charge in [-0.3, -0.25) is 4.79 Å². The maximum Gasteiger partial charge on any atom is 0.348 e. The Morgan fingerprint density at radius 1 is 1.31 bits per heavy atom. The summed E-state index contributed by atoms with van der Waals surface area (Å²) in [4.78, 5) is 33.8. The van der Waals surface area contributed by atoms with Gasteiger partial charge in [-0.2, -0.15) is 0 Å². The lowest BCUT2D eigenvalue weighted by atomic mass is 10.2. The van der Waals surface area contributed by atoms with Gasteiger partial charge >= 0.3 is 5.97 Å². The first-order chi connectivity index (χ1) is 15.3. The van der Waals surface area contributed by atoms with Crippen LogP contribution in [0.4, 0.5) is 15.9 Å². The van der Waals surface area contributed by atoms with E-state index in [2.05, 4.69) is 20.6 Å². The number of rotatable bonds is 9. The lowest BCUT2D eigenvalue weighted by molar-refractivity contribution is -0.127. The average molecular weight is 462 g/mol. The molecular weight excluding hydrogens is 437 g/mol. The van der Waals surface area contributed by atoms with Gasteiger partial charge in [-0.25, -0.2) is 19.2 Å². The van der Waals surface area contributed by atoms with Gasteiger partial charge in [0.15, 0.2) is 6.10 Å². The largest absolute Gasteiger partial charge is 0.479 e. The number of aryl methyl sites for hydroxylation is 1. The molecule has 170 valence electrons. The van der Waals surface area contributed by atoms with Crippen LogP contribution in [0.1, 0.15) is 28.6 Å². The molecule has 3 aromatic rings. The molecule has 2 heterocycles. The van der Waals surface area contributed by atoms with Gasteiger partial charge < -0.3 is 25.8 Å². The standard InChI is InChI=1S/C21H24FN5O4S/c1-11-16-18(25-10-26-20(16)32-17(11)21(29)30-3)27-14-6-5-13(22)9-15(14)31-12(2)19(28)24-8-4-7-23/h5-6,9-10,12H,4,7-8,23H2,1-3H3,(H,24,28)(H,25,26,27). The van der Waals surface area contributed by atoms with Gasteiger partial charge in [-0.05, 0) is 44.5 Å². The smallest absolute Gasteiger partial charge is 0.348 e. The first-order valence-corrected chi connectivity index (χ1v) is 10.7. The number of nitrogens with two attached hydrogens (primary N) is 1. The second kappa shape index (κ2) is 10.3. The van der Waals surface area contributed by atoms with Crippen molar-refractivity contribution in [3.8, 4) is 5.75 Å². The molecule has 0 spiro atoms. The van der Waals surface area contributed by atoms with Gasteiger partial charge in [0.25, 0.3) is 5.91 Å². The molecule has 1 unspecified atom stereocenters. The number of hydrogen-bond donors (Lipinski definition) is 3. The zero-order valence-electron chi connectivity index (χ0n) is 17.9. The number of carbonyl (C=O) groups is 2.